The molecule has 1 atom stereocenters. The molecule has 0 radical (unpaired) electrons. The first-order valence-corrected chi connectivity index (χ1v) is 5.91. The number of hydrogen-bond donors (Lipinski definition) is 1. The number of nitrogens with one attached hydrogen (secondary N) is 1. The van der Waals surface area contributed by atoms with Crippen LogP contribution in [0.15, 0.2) is 22.6 Å². The van der Waals surface area contributed by atoms with Gasteiger partial charge in [-0.15, -0.1) is 11.3 Å². The van der Waals surface area contributed by atoms with Gasteiger partial charge >= 0.3 is 0 Å². The summed E-state index contributed by atoms with van der Waals surface area (Å²) in [6.45, 7) is 6.13. The number of carbonyl (C=O) groups excluding carboxylic acids is 1. The Bertz CT molecular complexity index is 343. The van der Waals surface area contributed by atoms with E-state index in [1.807, 2.05) is 18.4 Å². The fourth-order valence-electron chi connectivity index (χ4n) is 1.01. The number of hydrogen-bond acceptors (Lipinski definition) is 3. The highest BCUT2D eigenvalue weighted by Gasteiger charge is 2.06. The lowest BCUT2D eigenvalue weighted by atomic mass is 10.1. The number of amides is 1. The Morgan fingerprint density at radius 2 is 2.40 bits per heavy atom. The zero-order chi connectivity index (χ0) is 11.3. The molecule has 1 rings (SSSR count). The summed E-state index contributed by atoms with van der Waals surface area (Å²) in [6, 6.07) is 3.64. The Balaban J connectivity index is 2.53. The molecular formula is C11H16N2OS. The summed E-state index contributed by atoms with van der Waals surface area (Å²) in [5.41, 5.74) is 3.52. The van der Waals surface area contributed by atoms with E-state index in [4.69, 9.17) is 0 Å². The first kappa shape index (κ1) is 11.9. The van der Waals surface area contributed by atoms with Crippen molar-refractivity contribution in [1.82, 2.24) is 5.43 Å². The summed E-state index contributed by atoms with van der Waals surface area (Å²) in [5.74, 6) is 0.279. The third-order valence-corrected chi connectivity index (χ3v) is 3.27. The average molecular weight is 224 g/mol. The smallest absolute Gasteiger partial charge is 0.266 e. The minimum atomic E-state index is -0.132. The highest BCUT2D eigenvalue weighted by molar-refractivity contribution is 7.12. The predicted octanol–water partition coefficient (Wildman–Crippen LogP) is 2.90. The molecule has 0 aliphatic carbocycles. The van der Waals surface area contributed by atoms with Crippen molar-refractivity contribution in [2.75, 3.05) is 0 Å². The number of rotatable bonds is 4. The van der Waals surface area contributed by atoms with E-state index in [9.17, 15) is 4.79 Å². The molecule has 0 aliphatic heterocycles. The highest BCUT2D eigenvalue weighted by Crippen LogP contribution is 2.08. The molecule has 82 valence electrons. The third-order valence-electron chi connectivity index (χ3n) is 2.40. The van der Waals surface area contributed by atoms with E-state index < -0.39 is 0 Å². The van der Waals surface area contributed by atoms with Crippen LogP contribution in [0.2, 0.25) is 0 Å². The van der Waals surface area contributed by atoms with Gasteiger partial charge in [0.25, 0.3) is 5.91 Å². The number of hydrazone groups is 1. The van der Waals surface area contributed by atoms with Gasteiger partial charge in [-0.1, -0.05) is 19.9 Å². The molecule has 1 amide bonds. The Kier molecular flexibility index (Phi) is 4.49. The monoisotopic (exact) mass is 224 g/mol. The zero-order valence-corrected chi connectivity index (χ0v) is 10.1. The van der Waals surface area contributed by atoms with Gasteiger partial charge in [0.15, 0.2) is 0 Å². The lowest BCUT2D eigenvalue weighted by Gasteiger charge is -2.07. The number of nitrogens with zero attached hydrogens (tertiary/aromatic N) is 1. The van der Waals surface area contributed by atoms with Gasteiger partial charge in [-0.3, -0.25) is 4.79 Å². The second kappa shape index (κ2) is 5.66. The van der Waals surface area contributed by atoms with E-state index in [1.54, 1.807) is 6.07 Å². The van der Waals surface area contributed by atoms with E-state index in [-0.39, 0.29) is 5.91 Å². The van der Waals surface area contributed by atoms with Gasteiger partial charge in [0.1, 0.15) is 0 Å². The summed E-state index contributed by atoms with van der Waals surface area (Å²) in [6.07, 6.45) is 1.03. The molecule has 0 bridgehead atoms. The average Bonchev–Trinajstić information content (AvgIpc) is 2.77. The van der Waals surface area contributed by atoms with Crippen LogP contribution < -0.4 is 5.43 Å². The van der Waals surface area contributed by atoms with E-state index >= 15 is 0 Å². The van der Waals surface area contributed by atoms with Crippen molar-refractivity contribution in [1.29, 1.82) is 0 Å². The lowest BCUT2D eigenvalue weighted by Crippen LogP contribution is -2.19. The van der Waals surface area contributed by atoms with Gasteiger partial charge < -0.3 is 0 Å². The van der Waals surface area contributed by atoms with Crippen molar-refractivity contribution < 1.29 is 4.79 Å². The fraction of sp³-hybridized carbons (Fsp3) is 0.455. The maximum atomic E-state index is 11.5. The molecule has 0 saturated heterocycles. The normalized spacial score (nSPS) is 13.7. The van der Waals surface area contributed by atoms with Gasteiger partial charge in [-0.05, 0) is 30.7 Å². The van der Waals surface area contributed by atoms with Crippen LogP contribution in [-0.4, -0.2) is 11.6 Å². The second-order valence-electron chi connectivity index (χ2n) is 3.48. The molecule has 3 nitrogen and oxygen atoms in total. The largest absolute Gasteiger partial charge is 0.281 e. The van der Waals surface area contributed by atoms with Gasteiger partial charge in [0.2, 0.25) is 0 Å². The first-order valence-electron chi connectivity index (χ1n) is 5.03. The molecule has 1 aromatic rings. The number of carbonyl (C=O) groups is 1. The molecule has 15 heavy (non-hydrogen) atoms. The molecule has 1 heterocycles. The molecule has 0 aliphatic rings. The summed E-state index contributed by atoms with van der Waals surface area (Å²) in [7, 11) is 0. The van der Waals surface area contributed by atoms with Crippen molar-refractivity contribution in [3.8, 4) is 0 Å². The van der Waals surface area contributed by atoms with Crippen molar-refractivity contribution in [3.05, 3.63) is 22.4 Å². The van der Waals surface area contributed by atoms with Crippen LogP contribution in [0.5, 0.6) is 0 Å². The van der Waals surface area contributed by atoms with Crippen LogP contribution >= 0.6 is 11.3 Å². The summed E-state index contributed by atoms with van der Waals surface area (Å²) in [5, 5.41) is 5.95. The lowest BCUT2D eigenvalue weighted by molar-refractivity contribution is 0.0958. The van der Waals surface area contributed by atoms with Crippen LogP contribution in [0.25, 0.3) is 0 Å². The highest BCUT2D eigenvalue weighted by atomic mass is 32.1. The molecule has 1 aromatic heterocycles. The maximum absolute atomic E-state index is 11.5. The Morgan fingerprint density at radius 1 is 1.67 bits per heavy atom. The number of thiophene rings is 1. The Hall–Kier alpha value is -1.16. The zero-order valence-electron chi connectivity index (χ0n) is 9.28. The fourth-order valence-corrected chi connectivity index (χ4v) is 1.62. The van der Waals surface area contributed by atoms with E-state index in [0.717, 1.165) is 12.1 Å². The van der Waals surface area contributed by atoms with Crippen LogP contribution in [0.3, 0.4) is 0 Å². The summed E-state index contributed by atoms with van der Waals surface area (Å²) >= 11 is 1.42. The second-order valence-corrected chi connectivity index (χ2v) is 4.43. The van der Waals surface area contributed by atoms with Gasteiger partial charge in [-0.25, -0.2) is 5.43 Å². The predicted molar refractivity (Wildman–Crippen MR) is 64.3 cm³/mol. The van der Waals surface area contributed by atoms with E-state index in [2.05, 4.69) is 24.4 Å². The van der Waals surface area contributed by atoms with Crippen molar-refractivity contribution >= 4 is 23.0 Å². The first-order chi connectivity index (χ1) is 7.15. The van der Waals surface area contributed by atoms with Gasteiger partial charge in [-0.2, -0.15) is 5.10 Å². The SMILES string of the molecule is CCC(C)/C(C)=N/NC(=O)c1cccs1. The summed E-state index contributed by atoms with van der Waals surface area (Å²) in [4.78, 5) is 12.2. The molecule has 0 spiro atoms. The third kappa shape index (κ3) is 3.47. The minimum absolute atomic E-state index is 0.132. The van der Waals surface area contributed by atoms with Crippen molar-refractivity contribution in [3.63, 3.8) is 0 Å². The summed E-state index contributed by atoms with van der Waals surface area (Å²) < 4.78 is 0. The van der Waals surface area contributed by atoms with Gasteiger partial charge in [0.05, 0.1) is 4.88 Å². The molecule has 0 fully saturated rings. The molecule has 0 saturated carbocycles. The van der Waals surface area contributed by atoms with Crippen LogP contribution in [0.1, 0.15) is 36.9 Å². The van der Waals surface area contributed by atoms with Crippen molar-refractivity contribution in [2.45, 2.75) is 27.2 Å². The molecular weight excluding hydrogens is 208 g/mol. The molecule has 4 heteroatoms. The molecule has 1 N–H and O–H groups in total. The van der Waals surface area contributed by atoms with Gasteiger partial charge in [0, 0.05) is 5.71 Å². The Morgan fingerprint density at radius 3 is 2.93 bits per heavy atom. The standard InChI is InChI=1S/C11H16N2OS/c1-4-8(2)9(3)12-13-11(14)10-6-5-7-15-10/h5-8H,4H2,1-3H3,(H,13,14)/b12-9+. The quantitative estimate of drug-likeness (QED) is 0.620. The Labute approximate surface area is 94.2 Å². The topological polar surface area (TPSA) is 41.5 Å². The van der Waals surface area contributed by atoms with E-state index in [0.29, 0.717) is 10.8 Å². The van der Waals surface area contributed by atoms with E-state index in [1.165, 1.54) is 11.3 Å². The van der Waals surface area contributed by atoms with Crippen LogP contribution in [0, 0.1) is 5.92 Å². The van der Waals surface area contributed by atoms with Crippen LogP contribution in [-0.2, 0) is 0 Å². The van der Waals surface area contributed by atoms with Crippen molar-refractivity contribution in [2.24, 2.45) is 11.0 Å². The molecule has 1 unspecified atom stereocenters. The minimum Gasteiger partial charge on any atom is -0.266 e. The molecule has 0 aromatic carbocycles. The maximum Gasteiger partial charge on any atom is 0.281 e. The van der Waals surface area contributed by atoms with Crippen LogP contribution in [0.4, 0.5) is 0 Å².